The van der Waals surface area contributed by atoms with Crippen LogP contribution in [0.1, 0.15) is 15.9 Å². The van der Waals surface area contributed by atoms with Crippen LogP contribution in [0.5, 0.6) is 0 Å². The summed E-state index contributed by atoms with van der Waals surface area (Å²) in [6, 6.07) is 9.45. The fourth-order valence-corrected chi connectivity index (χ4v) is 2.94. The summed E-state index contributed by atoms with van der Waals surface area (Å²) in [5.41, 5.74) is 2.35. The highest BCUT2D eigenvalue weighted by atomic mass is 79.9. The highest BCUT2D eigenvalue weighted by molar-refractivity contribution is 9.10. The molecule has 0 radical (unpaired) electrons. The van der Waals surface area contributed by atoms with Crippen LogP contribution in [0.15, 0.2) is 41.0 Å². The molecule has 1 aliphatic heterocycles. The summed E-state index contributed by atoms with van der Waals surface area (Å²) >= 11 is 3.42. The summed E-state index contributed by atoms with van der Waals surface area (Å²) in [4.78, 5) is 18.9. The van der Waals surface area contributed by atoms with Crippen molar-refractivity contribution in [3.63, 3.8) is 0 Å². The first-order chi connectivity index (χ1) is 11.1. The molecule has 1 N–H and O–H groups in total. The summed E-state index contributed by atoms with van der Waals surface area (Å²) in [5.74, 6) is 0.723. The largest absolute Gasteiger partial charge is 0.378 e. The zero-order valence-electron chi connectivity index (χ0n) is 12.9. The molecular weight excluding hydrogens is 358 g/mol. The Hall–Kier alpha value is -1.92. The van der Waals surface area contributed by atoms with E-state index in [9.17, 15) is 4.79 Å². The second-order valence-corrected chi connectivity index (χ2v) is 6.33. The van der Waals surface area contributed by atoms with Crippen molar-refractivity contribution in [3.8, 4) is 0 Å². The Kier molecular flexibility index (Phi) is 4.93. The number of aryl methyl sites for hydroxylation is 1. The number of nitrogens with zero attached hydrogens (tertiary/aromatic N) is 2. The average molecular weight is 376 g/mol. The van der Waals surface area contributed by atoms with Crippen LogP contribution in [0, 0.1) is 6.92 Å². The van der Waals surface area contributed by atoms with E-state index in [4.69, 9.17) is 4.74 Å². The fraction of sp³-hybridized carbons (Fsp3) is 0.294. The van der Waals surface area contributed by atoms with E-state index in [2.05, 4.69) is 31.1 Å². The first-order valence-electron chi connectivity index (χ1n) is 7.50. The molecule has 23 heavy (non-hydrogen) atoms. The minimum Gasteiger partial charge on any atom is -0.378 e. The standard InChI is InChI=1S/C17H18BrN3O2/c1-12-10-14(18)3-4-15(12)20-17(22)13-2-5-16(19-11-13)21-6-8-23-9-7-21/h2-5,10-11H,6-9H2,1H3,(H,20,22). The van der Waals surface area contributed by atoms with Gasteiger partial charge in [0.25, 0.3) is 5.91 Å². The minimum absolute atomic E-state index is 0.156. The van der Waals surface area contributed by atoms with Crippen LogP contribution >= 0.6 is 15.9 Å². The second-order valence-electron chi connectivity index (χ2n) is 5.42. The molecule has 0 bridgehead atoms. The normalized spacial score (nSPS) is 14.6. The maximum Gasteiger partial charge on any atom is 0.257 e. The van der Waals surface area contributed by atoms with Crippen molar-refractivity contribution in [3.05, 3.63) is 52.1 Å². The van der Waals surface area contributed by atoms with Gasteiger partial charge in [-0.1, -0.05) is 15.9 Å². The summed E-state index contributed by atoms with van der Waals surface area (Å²) < 4.78 is 6.32. The molecule has 2 aromatic rings. The van der Waals surface area contributed by atoms with Crippen LogP contribution in [-0.2, 0) is 4.74 Å². The molecule has 1 saturated heterocycles. The van der Waals surface area contributed by atoms with Crippen molar-refractivity contribution in [2.45, 2.75) is 6.92 Å². The van der Waals surface area contributed by atoms with Gasteiger partial charge in [-0.15, -0.1) is 0 Å². The smallest absolute Gasteiger partial charge is 0.257 e. The van der Waals surface area contributed by atoms with Crippen molar-refractivity contribution < 1.29 is 9.53 Å². The summed E-state index contributed by atoms with van der Waals surface area (Å²) in [7, 11) is 0. The number of amides is 1. The number of rotatable bonds is 3. The molecule has 5 nitrogen and oxygen atoms in total. The molecule has 1 aromatic carbocycles. The zero-order chi connectivity index (χ0) is 16.2. The van der Waals surface area contributed by atoms with E-state index in [1.807, 2.05) is 31.2 Å². The van der Waals surface area contributed by atoms with Gasteiger partial charge < -0.3 is 15.0 Å². The molecular formula is C17H18BrN3O2. The Morgan fingerprint density at radius 2 is 2.04 bits per heavy atom. The first-order valence-corrected chi connectivity index (χ1v) is 8.29. The lowest BCUT2D eigenvalue weighted by Crippen LogP contribution is -2.36. The summed E-state index contributed by atoms with van der Waals surface area (Å²) in [6.45, 7) is 5.05. The molecule has 1 fully saturated rings. The quantitative estimate of drug-likeness (QED) is 0.894. The number of ether oxygens (including phenoxy) is 1. The van der Waals surface area contributed by atoms with E-state index in [-0.39, 0.29) is 5.91 Å². The first kappa shape index (κ1) is 16.0. The maximum absolute atomic E-state index is 12.3. The third-order valence-corrected chi connectivity index (χ3v) is 4.28. The monoisotopic (exact) mass is 375 g/mol. The van der Waals surface area contributed by atoms with E-state index in [0.29, 0.717) is 18.8 Å². The molecule has 0 atom stereocenters. The number of morpholine rings is 1. The molecule has 1 amide bonds. The van der Waals surface area contributed by atoms with Crippen LogP contribution in [0.3, 0.4) is 0 Å². The fourth-order valence-electron chi connectivity index (χ4n) is 2.46. The molecule has 120 valence electrons. The van der Waals surface area contributed by atoms with Gasteiger partial charge in [-0.25, -0.2) is 4.98 Å². The van der Waals surface area contributed by atoms with Gasteiger partial charge in [-0.3, -0.25) is 4.79 Å². The van der Waals surface area contributed by atoms with Gasteiger partial charge in [0.05, 0.1) is 18.8 Å². The molecule has 1 aliphatic rings. The number of hydrogen-bond donors (Lipinski definition) is 1. The molecule has 6 heteroatoms. The number of hydrogen-bond acceptors (Lipinski definition) is 4. The van der Waals surface area contributed by atoms with E-state index in [0.717, 1.165) is 34.6 Å². The van der Waals surface area contributed by atoms with Crippen molar-refractivity contribution in [2.75, 3.05) is 36.5 Å². The lowest BCUT2D eigenvalue weighted by molar-refractivity contribution is 0.102. The Bertz CT molecular complexity index is 697. The number of anilines is 2. The van der Waals surface area contributed by atoms with Crippen LogP contribution in [-0.4, -0.2) is 37.2 Å². The molecule has 0 aliphatic carbocycles. The average Bonchev–Trinajstić information content (AvgIpc) is 2.58. The number of carbonyl (C=O) groups excluding carboxylic acids is 1. The predicted octanol–water partition coefficient (Wildman–Crippen LogP) is 3.24. The lowest BCUT2D eigenvalue weighted by atomic mass is 10.2. The van der Waals surface area contributed by atoms with Crippen LogP contribution in [0.4, 0.5) is 11.5 Å². The van der Waals surface area contributed by atoms with Gasteiger partial charge in [0.2, 0.25) is 0 Å². The third-order valence-electron chi connectivity index (χ3n) is 3.78. The molecule has 2 heterocycles. The topological polar surface area (TPSA) is 54.5 Å². The van der Waals surface area contributed by atoms with E-state index in [1.165, 1.54) is 0 Å². The maximum atomic E-state index is 12.3. The Morgan fingerprint density at radius 3 is 2.70 bits per heavy atom. The Labute approximate surface area is 143 Å². The van der Waals surface area contributed by atoms with E-state index >= 15 is 0 Å². The number of benzene rings is 1. The summed E-state index contributed by atoms with van der Waals surface area (Å²) in [6.07, 6.45) is 1.62. The molecule has 3 rings (SSSR count). The third kappa shape index (κ3) is 3.89. The predicted molar refractivity (Wildman–Crippen MR) is 94.1 cm³/mol. The number of carbonyl (C=O) groups is 1. The van der Waals surface area contributed by atoms with E-state index in [1.54, 1.807) is 12.3 Å². The van der Waals surface area contributed by atoms with Crippen molar-refractivity contribution in [1.29, 1.82) is 0 Å². The number of aromatic nitrogens is 1. The minimum atomic E-state index is -0.156. The SMILES string of the molecule is Cc1cc(Br)ccc1NC(=O)c1ccc(N2CCOCC2)nc1. The highest BCUT2D eigenvalue weighted by Crippen LogP contribution is 2.21. The van der Waals surface area contributed by atoms with Gasteiger partial charge in [-0.2, -0.15) is 0 Å². The van der Waals surface area contributed by atoms with Gasteiger partial charge >= 0.3 is 0 Å². The van der Waals surface area contributed by atoms with E-state index < -0.39 is 0 Å². The molecule has 0 unspecified atom stereocenters. The van der Waals surface area contributed by atoms with Gasteiger partial charge in [-0.05, 0) is 42.8 Å². The zero-order valence-corrected chi connectivity index (χ0v) is 14.5. The molecule has 1 aromatic heterocycles. The Morgan fingerprint density at radius 1 is 1.26 bits per heavy atom. The van der Waals surface area contributed by atoms with Crippen LogP contribution in [0.2, 0.25) is 0 Å². The van der Waals surface area contributed by atoms with Gasteiger partial charge in [0.15, 0.2) is 0 Å². The Balaban J connectivity index is 1.69. The molecule has 0 saturated carbocycles. The highest BCUT2D eigenvalue weighted by Gasteiger charge is 2.14. The van der Waals surface area contributed by atoms with Gasteiger partial charge in [0.1, 0.15) is 5.82 Å². The van der Waals surface area contributed by atoms with Crippen molar-refractivity contribution in [2.24, 2.45) is 0 Å². The van der Waals surface area contributed by atoms with Gasteiger partial charge in [0, 0.05) is 29.4 Å². The summed E-state index contributed by atoms with van der Waals surface area (Å²) in [5, 5.41) is 2.92. The van der Waals surface area contributed by atoms with Crippen LogP contribution < -0.4 is 10.2 Å². The van der Waals surface area contributed by atoms with Crippen molar-refractivity contribution >= 4 is 33.3 Å². The van der Waals surface area contributed by atoms with Crippen molar-refractivity contribution in [1.82, 2.24) is 4.98 Å². The number of nitrogens with one attached hydrogen (secondary N) is 1. The lowest BCUT2D eigenvalue weighted by Gasteiger charge is -2.27. The second kappa shape index (κ2) is 7.10. The number of halogens is 1. The van der Waals surface area contributed by atoms with Crippen LogP contribution in [0.25, 0.3) is 0 Å². The number of pyridine rings is 1. The molecule has 0 spiro atoms.